The van der Waals surface area contributed by atoms with E-state index in [4.69, 9.17) is 10.5 Å². The molecule has 5 nitrogen and oxygen atoms in total. The molecule has 1 heterocycles. The zero-order valence-corrected chi connectivity index (χ0v) is 10.9. The van der Waals surface area contributed by atoms with Crippen molar-refractivity contribution in [3.05, 3.63) is 0 Å². The highest BCUT2D eigenvalue weighted by molar-refractivity contribution is 5.83. The van der Waals surface area contributed by atoms with Crippen molar-refractivity contribution in [1.82, 2.24) is 5.32 Å². The van der Waals surface area contributed by atoms with E-state index >= 15 is 0 Å². The number of amides is 1. The minimum absolute atomic E-state index is 0.000694. The predicted molar refractivity (Wildman–Crippen MR) is 67.9 cm³/mol. The van der Waals surface area contributed by atoms with Crippen LogP contribution in [0, 0.1) is 5.41 Å². The summed E-state index contributed by atoms with van der Waals surface area (Å²) in [7, 11) is 0. The summed E-state index contributed by atoms with van der Waals surface area (Å²) < 4.78 is 5.30. The molecule has 1 aliphatic heterocycles. The molecular formula is C13H24N2O3. The molecule has 1 saturated carbocycles. The Morgan fingerprint density at radius 3 is 2.61 bits per heavy atom. The number of hydrogen-bond donors (Lipinski definition) is 3. The van der Waals surface area contributed by atoms with Crippen LogP contribution < -0.4 is 11.1 Å². The van der Waals surface area contributed by atoms with Crippen molar-refractivity contribution >= 4 is 5.91 Å². The molecule has 0 bridgehead atoms. The zero-order valence-electron chi connectivity index (χ0n) is 10.9. The summed E-state index contributed by atoms with van der Waals surface area (Å²) in [5.41, 5.74) is 5.31. The minimum atomic E-state index is -0.491. The summed E-state index contributed by atoms with van der Waals surface area (Å²) >= 11 is 0. The molecule has 18 heavy (non-hydrogen) atoms. The van der Waals surface area contributed by atoms with E-state index in [0.29, 0.717) is 32.6 Å². The van der Waals surface area contributed by atoms with E-state index in [2.05, 4.69) is 5.32 Å². The lowest BCUT2D eigenvalue weighted by atomic mass is 9.78. The van der Waals surface area contributed by atoms with Crippen LogP contribution in [0.1, 0.15) is 38.5 Å². The van der Waals surface area contributed by atoms with Gasteiger partial charge in [0, 0.05) is 19.8 Å². The van der Waals surface area contributed by atoms with Crippen LogP contribution in [-0.2, 0) is 9.53 Å². The number of rotatable bonds is 3. The Bertz CT molecular complexity index is 290. The van der Waals surface area contributed by atoms with Crippen molar-refractivity contribution in [3.63, 3.8) is 0 Å². The van der Waals surface area contributed by atoms with Gasteiger partial charge in [-0.2, -0.15) is 0 Å². The van der Waals surface area contributed by atoms with Crippen molar-refractivity contribution < 1.29 is 14.6 Å². The highest BCUT2D eigenvalue weighted by Gasteiger charge is 2.40. The second-order valence-electron chi connectivity index (χ2n) is 5.53. The monoisotopic (exact) mass is 256 g/mol. The summed E-state index contributed by atoms with van der Waals surface area (Å²) in [6.45, 7) is 1.54. The highest BCUT2D eigenvalue weighted by Crippen LogP contribution is 2.30. The Labute approximate surface area is 108 Å². The fraction of sp³-hybridized carbons (Fsp3) is 0.923. The molecule has 2 fully saturated rings. The average molecular weight is 256 g/mol. The van der Waals surface area contributed by atoms with Gasteiger partial charge < -0.3 is 20.9 Å². The van der Waals surface area contributed by atoms with Crippen molar-refractivity contribution in [2.24, 2.45) is 11.1 Å². The van der Waals surface area contributed by atoms with Crippen LogP contribution in [0.2, 0.25) is 0 Å². The van der Waals surface area contributed by atoms with E-state index < -0.39 is 11.5 Å². The summed E-state index contributed by atoms with van der Waals surface area (Å²) in [6, 6.07) is -0.0995. The average Bonchev–Trinajstić information content (AvgIpc) is 2.42. The molecule has 0 aromatic heterocycles. The van der Waals surface area contributed by atoms with E-state index in [9.17, 15) is 9.90 Å². The van der Waals surface area contributed by atoms with Gasteiger partial charge in [0.05, 0.1) is 17.6 Å². The van der Waals surface area contributed by atoms with Crippen LogP contribution in [-0.4, -0.2) is 42.9 Å². The summed E-state index contributed by atoms with van der Waals surface area (Å²) in [5.74, 6) is -0.000694. The molecule has 1 amide bonds. The first kappa shape index (κ1) is 13.8. The number of aliphatic hydroxyl groups is 1. The fourth-order valence-electron chi connectivity index (χ4n) is 2.89. The first-order chi connectivity index (χ1) is 8.68. The van der Waals surface area contributed by atoms with Crippen molar-refractivity contribution in [1.29, 1.82) is 0 Å². The van der Waals surface area contributed by atoms with Crippen LogP contribution in [0.5, 0.6) is 0 Å². The van der Waals surface area contributed by atoms with Gasteiger partial charge in [-0.15, -0.1) is 0 Å². The second-order valence-corrected chi connectivity index (χ2v) is 5.53. The van der Waals surface area contributed by atoms with Gasteiger partial charge in [-0.1, -0.05) is 12.8 Å². The number of carbonyl (C=O) groups is 1. The quantitative estimate of drug-likeness (QED) is 0.671. The Balaban J connectivity index is 1.96. The van der Waals surface area contributed by atoms with E-state index in [1.807, 2.05) is 0 Å². The molecule has 0 radical (unpaired) electrons. The van der Waals surface area contributed by atoms with Crippen molar-refractivity contribution in [2.75, 3.05) is 19.8 Å². The topological polar surface area (TPSA) is 84.6 Å². The summed E-state index contributed by atoms with van der Waals surface area (Å²) in [4.78, 5) is 12.4. The molecule has 2 atom stereocenters. The number of nitrogens with two attached hydrogens (primary N) is 1. The maximum Gasteiger partial charge on any atom is 0.227 e. The van der Waals surface area contributed by atoms with Gasteiger partial charge in [0.15, 0.2) is 0 Å². The number of nitrogens with one attached hydrogen (secondary N) is 1. The molecule has 2 aliphatic rings. The third-order valence-corrected chi connectivity index (χ3v) is 4.37. The van der Waals surface area contributed by atoms with Gasteiger partial charge in [-0.05, 0) is 25.7 Å². The fourth-order valence-corrected chi connectivity index (χ4v) is 2.89. The largest absolute Gasteiger partial charge is 0.391 e. The molecule has 0 spiro atoms. The SMILES string of the molecule is NCC1(C(=O)NC2CCCCC2O)CCOCC1. The summed E-state index contributed by atoms with van der Waals surface area (Å²) in [5, 5.41) is 12.9. The molecule has 5 heteroatoms. The van der Waals surface area contributed by atoms with Crippen LogP contribution in [0.15, 0.2) is 0 Å². The highest BCUT2D eigenvalue weighted by atomic mass is 16.5. The van der Waals surface area contributed by atoms with Crippen LogP contribution >= 0.6 is 0 Å². The number of ether oxygens (including phenoxy) is 1. The van der Waals surface area contributed by atoms with E-state index in [1.165, 1.54) is 0 Å². The Morgan fingerprint density at radius 2 is 2.00 bits per heavy atom. The Hall–Kier alpha value is -0.650. The van der Waals surface area contributed by atoms with Gasteiger partial charge in [-0.25, -0.2) is 0 Å². The van der Waals surface area contributed by atoms with Crippen LogP contribution in [0.3, 0.4) is 0 Å². The Morgan fingerprint density at radius 1 is 1.33 bits per heavy atom. The first-order valence-electron chi connectivity index (χ1n) is 6.95. The van der Waals surface area contributed by atoms with Crippen LogP contribution in [0.4, 0.5) is 0 Å². The maximum atomic E-state index is 12.4. The van der Waals surface area contributed by atoms with Crippen molar-refractivity contribution in [3.8, 4) is 0 Å². The molecule has 0 aromatic rings. The van der Waals surface area contributed by atoms with Crippen molar-refractivity contribution in [2.45, 2.75) is 50.7 Å². The van der Waals surface area contributed by atoms with E-state index in [0.717, 1.165) is 25.7 Å². The minimum Gasteiger partial charge on any atom is -0.391 e. The molecule has 104 valence electrons. The lowest BCUT2D eigenvalue weighted by Gasteiger charge is -2.37. The third-order valence-electron chi connectivity index (χ3n) is 4.37. The zero-order chi connectivity index (χ0) is 13.0. The van der Waals surface area contributed by atoms with Gasteiger partial charge >= 0.3 is 0 Å². The molecule has 4 N–H and O–H groups in total. The first-order valence-corrected chi connectivity index (χ1v) is 6.95. The number of aliphatic hydroxyl groups excluding tert-OH is 1. The Kier molecular flexibility index (Phi) is 4.59. The molecular weight excluding hydrogens is 232 g/mol. The lowest BCUT2D eigenvalue weighted by Crippen LogP contribution is -2.54. The molecule has 2 unspecified atom stereocenters. The normalized spacial score (nSPS) is 31.9. The van der Waals surface area contributed by atoms with E-state index in [1.54, 1.807) is 0 Å². The standard InChI is InChI=1S/C13H24N2O3/c14-9-13(5-7-18-8-6-13)12(17)15-10-3-1-2-4-11(10)16/h10-11,16H,1-9,14H2,(H,15,17). The predicted octanol–water partition coefficient (Wildman–Crippen LogP) is 0.162. The van der Waals surface area contributed by atoms with Gasteiger partial charge in [0.2, 0.25) is 5.91 Å². The molecule has 2 rings (SSSR count). The van der Waals surface area contributed by atoms with Crippen LogP contribution in [0.25, 0.3) is 0 Å². The van der Waals surface area contributed by atoms with Gasteiger partial charge in [0.25, 0.3) is 0 Å². The second kappa shape index (κ2) is 5.99. The van der Waals surface area contributed by atoms with E-state index in [-0.39, 0.29) is 11.9 Å². The number of carbonyl (C=O) groups excluding carboxylic acids is 1. The summed E-state index contributed by atoms with van der Waals surface area (Å²) in [6.07, 6.45) is 4.71. The molecule has 0 aromatic carbocycles. The molecule has 1 saturated heterocycles. The third kappa shape index (κ3) is 2.84. The number of hydrogen-bond acceptors (Lipinski definition) is 4. The lowest BCUT2D eigenvalue weighted by molar-refractivity contribution is -0.137. The maximum absolute atomic E-state index is 12.4. The molecule has 1 aliphatic carbocycles. The van der Waals surface area contributed by atoms with Gasteiger partial charge in [-0.3, -0.25) is 4.79 Å². The smallest absolute Gasteiger partial charge is 0.227 e. The van der Waals surface area contributed by atoms with Gasteiger partial charge in [0.1, 0.15) is 0 Å².